The lowest BCUT2D eigenvalue weighted by Crippen LogP contribution is -2.06. The normalized spacial score (nSPS) is 15.9. The number of esters is 1. The Morgan fingerprint density at radius 2 is 2.19 bits per heavy atom. The molecule has 0 saturated heterocycles. The summed E-state index contributed by atoms with van der Waals surface area (Å²) in [5, 5.41) is 0.837. The average molecular weight is 419 g/mol. The van der Waals surface area contributed by atoms with Crippen LogP contribution in [0.3, 0.4) is 0 Å². The second kappa shape index (κ2) is 6.76. The zero-order chi connectivity index (χ0) is 18.3. The SMILES string of the molecule is COC(=O)Cc1coc2cc(OC3CCc4c(Br)ccc(F)c43)ccc12. The molecule has 26 heavy (non-hydrogen) atoms. The van der Waals surface area contributed by atoms with Gasteiger partial charge in [-0.2, -0.15) is 0 Å². The van der Waals surface area contributed by atoms with Crippen LogP contribution in [-0.4, -0.2) is 13.1 Å². The van der Waals surface area contributed by atoms with E-state index in [-0.39, 0.29) is 24.3 Å². The molecule has 1 aliphatic rings. The van der Waals surface area contributed by atoms with Gasteiger partial charge in [0.2, 0.25) is 0 Å². The van der Waals surface area contributed by atoms with Gasteiger partial charge in [0.05, 0.1) is 19.8 Å². The van der Waals surface area contributed by atoms with Crippen LogP contribution in [0.2, 0.25) is 0 Å². The van der Waals surface area contributed by atoms with Gasteiger partial charge in [0.1, 0.15) is 23.3 Å². The lowest BCUT2D eigenvalue weighted by atomic mass is 10.1. The standard InChI is InChI=1S/C20H16BrFO4/c1-24-19(23)8-11-10-25-18-9-12(2-3-13(11)18)26-17-7-4-14-15(21)5-6-16(22)20(14)17/h2-3,5-6,9-10,17H,4,7-8H2,1H3. The molecule has 6 heteroatoms. The highest BCUT2D eigenvalue weighted by atomic mass is 79.9. The summed E-state index contributed by atoms with van der Waals surface area (Å²) in [7, 11) is 1.35. The van der Waals surface area contributed by atoms with Crippen molar-refractivity contribution >= 4 is 32.9 Å². The van der Waals surface area contributed by atoms with Crippen molar-refractivity contribution in [3.63, 3.8) is 0 Å². The van der Waals surface area contributed by atoms with Gasteiger partial charge in [-0.05, 0) is 42.7 Å². The Labute approximate surface area is 158 Å². The molecule has 1 aliphatic carbocycles. The molecule has 134 valence electrons. The van der Waals surface area contributed by atoms with E-state index < -0.39 is 0 Å². The molecule has 4 nitrogen and oxygen atoms in total. The fourth-order valence-electron chi connectivity index (χ4n) is 3.42. The number of fused-ring (bicyclic) bond motifs is 2. The van der Waals surface area contributed by atoms with Gasteiger partial charge >= 0.3 is 5.97 Å². The first-order chi connectivity index (χ1) is 12.6. The number of hydrogen-bond acceptors (Lipinski definition) is 4. The Hall–Kier alpha value is -2.34. The van der Waals surface area contributed by atoms with Gasteiger partial charge in [-0.3, -0.25) is 4.79 Å². The molecule has 1 heterocycles. The van der Waals surface area contributed by atoms with Crippen molar-refractivity contribution in [2.75, 3.05) is 7.11 Å². The van der Waals surface area contributed by atoms with Crippen molar-refractivity contribution < 1.29 is 23.1 Å². The highest BCUT2D eigenvalue weighted by Crippen LogP contribution is 2.40. The number of methoxy groups -OCH3 is 1. The van der Waals surface area contributed by atoms with Gasteiger partial charge in [0.15, 0.2) is 0 Å². The number of halogens is 2. The maximum absolute atomic E-state index is 14.3. The Morgan fingerprint density at radius 1 is 1.35 bits per heavy atom. The van der Waals surface area contributed by atoms with Gasteiger partial charge in [0, 0.05) is 27.1 Å². The fraction of sp³-hybridized carbons (Fsp3) is 0.250. The largest absolute Gasteiger partial charge is 0.485 e. The van der Waals surface area contributed by atoms with Crippen LogP contribution in [-0.2, 0) is 22.4 Å². The number of carbonyl (C=O) groups excluding carboxylic acids is 1. The highest BCUT2D eigenvalue weighted by Gasteiger charge is 2.29. The molecule has 0 radical (unpaired) electrons. The number of furan rings is 1. The molecule has 0 saturated carbocycles. The van der Waals surface area contributed by atoms with Gasteiger partial charge in [-0.25, -0.2) is 4.39 Å². The first kappa shape index (κ1) is 17.1. The van der Waals surface area contributed by atoms with E-state index in [4.69, 9.17) is 13.9 Å². The third kappa shape index (κ3) is 2.98. The molecular weight excluding hydrogens is 403 g/mol. The zero-order valence-electron chi connectivity index (χ0n) is 14.1. The Balaban J connectivity index is 1.60. The van der Waals surface area contributed by atoms with Crippen LogP contribution in [0.15, 0.2) is 45.5 Å². The quantitative estimate of drug-likeness (QED) is 0.551. The summed E-state index contributed by atoms with van der Waals surface area (Å²) in [6, 6.07) is 8.61. The molecule has 3 aromatic rings. The van der Waals surface area contributed by atoms with Gasteiger partial charge in [-0.1, -0.05) is 15.9 Å². The van der Waals surface area contributed by atoms with Crippen molar-refractivity contribution in [1.82, 2.24) is 0 Å². The van der Waals surface area contributed by atoms with Gasteiger partial charge in [0.25, 0.3) is 0 Å². The van der Waals surface area contributed by atoms with Crippen LogP contribution in [0.5, 0.6) is 5.75 Å². The van der Waals surface area contributed by atoms with E-state index in [9.17, 15) is 9.18 Å². The van der Waals surface area contributed by atoms with Crippen LogP contribution in [0.1, 0.15) is 29.2 Å². The van der Waals surface area contributed by atoms with Crippen molar-refractivity contribution in [2.45, 2.75) is 25.4 Å². The third-order valence-corrected chi connectivity index (χ3v) is 5.44. The summed E-state index contributed by atoms with van der Waals surface area (Å²) in [6.07, 6.45) is 2.86. The maximum Gasteiger partial charge on any atom is 0.310 e. The lowest BCUT2D eigenvalue weighted by molar-refractivity contribution is -0.139. The van der Waals surface area contributed by atoms with E-state index >= 15 is 0 Å². The van der Waals surface area contributed by atoms with E-state index in [0.717, 1.165) is 33.8 Å². The Kier molecular flexibility index (Phi) is 4.44. The summed E-state index contributed by atoms with van der Waals surface area (Å²) in [5.41, 5.74) is 2.97. The first-order valence-electron chi connectivity index (χ1n) is 8.27. The van der Waals surface area contributed by atoms with Crippen LogP contribution >= 0.6 is 15.9 Å². The average Bonchev–Trinajstić information content (AvgIpc) is 3.23. The zero-order valence-corrected chi connectivity index (χ0v) is 15.6. The van der Waals surface area contributed by atoms with Gasteiger partial charge < -0.3 is 13.9 Å². The minimum Gasteiger partial charge on any atom is -0.485 e. The molecule has 4 rings (SSSR count). The molecule has 1 atom stereocenters. The van der Waals surface area contributed by atoms with Crippen molar-refractivity contribution in [3.8, 4) is 5.75 Å². The predicted octanol–water partition coefficient (Wildman–Crippen LogP) is 5.12. The van der Waals surface area contributed by atoms with Crippen LogP contribution < -0.4 is 4.74 Å². The molecule has 0 fully saturated rings. The lowest BCUT2D eigenvalue weighted by Gasteiger charge is -2.16. The van der Waals surface area contributed by atoms with E-state index in [1.165, 1.54) is 13.2 Å². The van der Waals surface area contributed by atoms with Crippen molar-refractivity contribution in [2.24, 2.45) is 0 Å². The maximum atomic E-state index is 14.3. The smallest absolute Gasteiger partial charge is 0.310 e. The molecule has 1 unspecified atom stereocenters. The second-order valence-electron chi connectivity index (χ2n) is 6.24. The number of benzene rings is 2. The minimum absolute atomic E-state index is 0.152. The van der Waals surface area contributed by atoms with Crippen LogP contribution in [0.25, 0.3) is 11.0 Å². The highest BCUT2D eigenvalue weighted by molar-refractivity contribution is 9.10. The summed E-state index contributed by atoms with van der Waals surface area (Å²) in [6.45, 7) is 0. The summed E-state index contributed by atoms with van der Waals surface area (Å²) >= 11 is 3.48. The van der Waals surface area contributed by atoms with E-state index in [1.54, 1.807) is 18.4 Å². The molecule has 1 aromatic heterocycles. The number of hydrogen-bond donors (Lipinski definition) is 0. The molecule has 0 aliphatic heterocycles. The molecule has 0 N–H and O–H groups in total. The number of ether oxygens (including phenoxy) is 2. The summed E-state index contributed by atoms with van der Waals surface area (Å²) in [4.78, 5) is 11.5. The molecule has 2 aromatic carbocycles. The topological polar surface area (TPSA) is 48.7 Å². The number of carbonyl (C=O) groups is 1. The van der Waals surface area contributed by atoms with Crippen molar-refractivity contribution in [1.29, 1.82) is 0 Å². The Morgan fingerprint density at radius 3 is 3.00 bits per heavy atom. The van der Waals surface area contributed by atoms with Crippen LogP contribution in [0.4, 0.5) is 4.39 Å². The molecular formula is C20H16BrFO4. The van der Waals surface area contributed by atoms with E-state index in [1.807, 2.05) is 12.1 Å². The van der Waals surface area contributed by atoms with Gasteiger partial charge in [-0.15, -0.1) is 0 Å². The predicted molar refractivity (Wildman–Crippen MR) is 97.7 cm³/mol. The first-order valence-corrected chi connectivity index (χ1v) is 9.06. The number of rotatable bonds is 4. The Bertz CT molecular complexity index is 995. The molecule has 0 amide bonds. The summed E-state index contributed by atoms with van der Waals surface area (Å²) in [5.74, 6) is 0.0375. The molecule has 0 spiro atoms. The van der Waals surface area contributed by atoms with Crippen molar-refractivity contribution in [3.05, 3.63) is 63.6 Å². The minimum atomic E-state index is -0.329. The molecule has 0 bridgehead atoms. The van der Waals surface area contributed by atoms with Crippen LogP contribution in [0, 0.1) is 5.82 Å². The van der Waals surface area contributed by atoms with E-state index in [2.05, 4.69) is 15.9 Å². The monoisotopic (exact) mass is 418 g/mol. The van der Waals surface area contributed by atoms with E-state index in [0.29, 0.717) is 16.9 Å². The summed E-state index contributed by atoms with van der Waals surface area (Å²) < 4.78 is 31.5. The second-order valence-corrected chi connectivity index (χ2v) is 7.09. The third-order valence-electron chi connectivity index (χ3n) is 4.69. The fourth-order valence-corrected chi connectivity index (χ4v) is 3.96.